The molecular formula is C25H22N2O6. The highest BCUT2D eigenvalue weighted by Gasteiger charge is 2.30. The van der Waals surface area contributed by atoms with E-state index in [1.807, 2.05) is 48.5 Å². The Balaban J connectivity index is 1.45. The SMILES string of the molecule is O=C(O)CONC(=O)[C@@H](NC(=O)OCC1c2ccccc2-c2ccccc21)c1ccccc1. The normalized spacial score (nSPS) is 12.8. The summed E-state index contributed by atoms with van der Waals surface area (Å²) < 4.78 is 5.52. The number of nitrogens with one attached hydrogen (secondary N) is 2. The van der Waals surface area contributed by atoms with E-state index in [9.17, 15) is 14.4 Å². The number of aliphatic carboxylic acids is 1. The summed E-state index contributed by atoms with van der Waals surface area (Å²) in [6.45, 7) is -0.614. The molecule has 1 aliphatic carbocycles. The minimum atomic E-state index is -1.24. The van der Waals surface area contributed by atoms with Crippen LogP contribution in [0.5, 0.6) is 0 Å². The summed E-state index contributed by atoms with van der Waals surface area (Å²) in [5.74, 6) is -2.09. The predicted molar refractivity (Wildman–Crippen MR) is 119 cm³/mol. The van der Waals surface area contributed by atoms with Gasteiger partial charge in [0.2, 0.25) is 0 Å². The average molecular weight is 446 g/mol. The molecule has 0 saturated carbocycles. The second kappa shape index (κ2) is 9.97. The monoisotopic (exact) mass is 446 g/mol. The molecule has 0 saturated heterocycles. The van der Waals surface area contributed by atoms with E-state index >= 15 is 0 Å². The van der Waals surface area contributed by atoms with Crippen LogP contribution >= 0.6 is 0 Å². The Morgan fingerprint density at radius 2 is 1.42 bits per heavy atom. The van der Waals surface area contributed by atoms with Crippen LogP contribution in [0.25, 0.3) is 11.1 Å². The zero-order chi connectivity index (χ0) is 23.2. The molecule has 168 valence electrons. The number of rotatable bonds is 8. The first kappa shape index (κ1) is 22.0. The largest absolute Gasteiger partial charge is 0.479 e. The Morgan fingerprint density at radius 3 is 2.03 bits per heavy atom. The van der Waals surface area contributed by atoms with Crippen molar-refractivity contribution in [3.8, 4) is 11.1 Å². The standard InChI is InChI=1S/C25H22N2O6/c28-22(29)15-33-27-24(30)23(16-8-2-1-3-9-16)26-25(31)32-14-21-19-12-6-4-10-17(19)18-11-5-7-13-20(18)21/h1-13,21,23H,14-15H2,(H,26,31)(H,27,30)(H,28,29)/t23-/m0/s1. The molecule has 3 N–H and O–H groups in total. The maximum Gasteiger partial charge on any atom is 0.408 e. The molecule has 0 radical (unpaired) electrons. The first-order valence-electron chi connectivity index (χ1n) is 10.3. The highest BCUT2D eigenvalue weighted by Crippen LogP contribution is 2.44. The molecule has 3 aromatic rings. The third kappa shape index (κ3) is 5.02. The lowest BCUT2D eigenvalue weighted by Crippen LogP contribution is -2.41. The highest BCUT2D eigenvalue weighted by molar-refractivity contribution is 5.86. The maximum absolute atomic E-state index is 12.6. The van der Waals surface area contributed by atoms with Crippen molar-refractivity contribution in [1.82, 2.24) is 10.8 Å². The highest BCUT2D eigenvalue weighted by atomic mass is 16.7. The van der Waals surface area contributed by atoms with Gasteiger partial charge in [-0.05, 0) is 27.8 Å². The Bertz CT molecular complexity index is 1120. The molecule has 0 heterocycles. The Kier molecular flexibility index (Phi) is 6.66. The van der Waals surface area contributed by atoms with E-state index in [-0.39, 0.29) is 12.5 Å². The summed E-state index contributed by atoms with van der Waals surface area (Å²) in [6, 6.07) is 23.3. The Labute approximate surface area is 190 Å². The number of hydroxylamine groups is 1. The molecule has 4 rings (SSSR count). The van der Waals surface area contributed by atoms with Crippen molar-refractivity contribution in [2.45, 2.75) is 12.0 Å². The molecule has 3 aromatic carbocycles. The molecule has 33 heavy (non-hydrogen) atoms. The molecule has 1 atom stereocenters. The molecule has 0 fully saturated rings. The van der Waals surface area contributed by atoms with Gasteiger partial charge >= 0.3 is 12.1 Å². The second-order valence-electron chi connectivity index (χ2n) is 7.46. The van der Waals surface area contributed by atoms with Crippen molar-refractivity contribution in [2.75, 3.05) is 13.2 Å². The molecule has 2 amide bonds. The van der Waals surface area contributed by atoms with Crippen LogP contribution in [0.3, 0.4) is 0 Å². The first-order valence-corrected chi connectivity index (χ1v) is 10.3. The smallest absolute Gasteiger partial charge is 0.408 e. The summed E-state index contributed by atoms with van der Waals surface area (Å²) >= 11 is 0. The fourth-order valence-electron chi connectivity index (χ4n) is 3.93. The van der Waals surface area contributed by atoms with Crippen LogP contribution in [0.15, 0.2) is 78.9 Å². The number of hydrogen-bond acceptors (Lipinski definition) is 5. The Hall–Kier alpha value is -4.17. The van der Waals surface area contributed by atoms with Crippen molar-refractivity contribution in [3.63, 3.8) is 0 Å². The molecule has 8 nitrogen and oxygen atoms in total. The first-order chi connectivity index (χ1) is 16.0. The van der Waals surface area contributed by atoms with Crippen molar-refractivity contribution >= 4 is 18.0 Å². The fourth-order valence-corrected chi connectivity index (χ4v) is 3.93. The van der Waals surface area contributed by atoms with Crippen molar-refractivity contribution < 1.29 is 29.1 Å². The molecule has 0 aromatic heterocycles. The number of hydrogen-bond donors (Lipinski definition) is 3. The fraction of sp³-hybridized carbons (Fsp3) is 0.160. The summed E-state index contributed by atoms with van der Waals surface area (Å²) in [5, 5.41) is 11.2. The Morgan fingerprint density at radius 1 is 0.848 bits per heavy atom. The molecule has 0 bridgehead atoms. The number of benzene rings is 3. The minimum absolute atomic E-state index is 0.0957. The van der Waals surface area contributed by atoms with Gasteiger partial charge in [0.25, 0.3) is 5.91 Å². The van der Waals surface area contributed by atoms with Gasteiger partial charge in [-0.1, -0.05) is 78.9 Å². The number of carboxylic acid groups (broad SMARTS) is 1. The number of carboxylic acids is 1. The zero-order valence-electron chi connectivity index (χ0n) is 17.6. The quantitative estimate of drug-likeness (QED) is 0.457. The molecule has 0 aliphatic heterocycles. The number of carbonyl (C=O) groups is 3. The van der Waals surface area contributed by atoms with Gasteiger partial charge in [-0.2, -0.15) is 0 Å². The molecule has 0 unspecified atom stereocenters. The van der Waals surface area contributed by atoms with E-state index in [2.05, 4.69) is 15.6 Å². The van der Waals surface area contributed by atoms with Crippen molar-refractivity contribution in [3.05, 3.63) is 95.6 Å². The van der Waals surface area contributed by atoms with Gasteiger partial charge in [-0.15, -0.1) is 0 Å². The van der Waals surface area contributed by atoms with Crippen LogP contribution in [0.2, 0.25) is 0 Å². The van der Waals surface area contributed by atoms with Crippen molar-refractivity contribution in [1.29, 1.82) is 0 Å². The van der Waals surface area contributed by atoms with Gasteiger partial charge in [0.15, 0.2) is 6.61 Å². The lowest BCUT2D eigenvalue weighted by molar-refractivity contribution is -0.150. The summed E-state index contributed by atoms with van der Waals surface area (Å²) in [5.41, 5.74) is 6.91. The maximum atomic E-state index is 12.6. The summed E-state index contributed by atoms with van der Waals surface area (Å²) in [4.78, 5) is 40.5. The van der Waals surface area contributed by atoms with Gasteiger partial charge in [0, 0.05) is 5.92 Å². The van der Waals surface area contributed by atoms with Crippen LogP contribution in [-0.4, -0.2) is 36.3 Å². The number of ether oxygens (including phenoxy) is 1. The van der Waals surface area contributed by atoms with Crippen LogP contribution in [-0.2, 0) is 19.2 Å². The summed E-state index contributed by atoms with van der Waals surface area (Å²) in [7, 11) is 0. The average Bonchev–Trinajstić information content (AvgIpc) is 3.15. The lowest BCUT2D eigenvalue weighted by Gasteiger charge is -2.19. The topological polar surface area (TPSA) is 114 Å². The number of carbonyl (C=O) groups excluding carboxylic acids is 2. The third-order valence-electron chi connectivity index (χ3n) is 5.37. The van der Waals surface area contributed by atoms with Gasteiger partial charge in [0.05, 0.1) is 0 Å². The van der Waals surface area contributed by atoms with Crippen LogP contribution in [0.4, 0.5) is 4.79 Å². The van der Waals surface area contributed by atoms with E-state index in [0.717, 1.165) is 22.3 Å². The predicted octanol–water partition coefficient (Wildman–Crippen LogP) is 3.40. The van der Waals surface area contributed by atoms with Crippen molar-refractivity contribution in [2.24, 2.45) is 0 Å². The van der Waals surface area contributed by atoms with Gasteiger partial charge in [0.1, 0.15) is 12.6 Å². The van der Waals surface area contributed by atoms with E-state index in [4.69, 9.17) is 9.84 Å². The van der Waals surface area contributed by atoms with E-state index in [0.29, 0.717) is 5.56 Å². The van der Waals surface area contributed by atoms with Crippen LogP contribution in [0.1, 0.15) is 28.7 Å². The molecule has 0 spiro atoms. The van der Waals surface area contributed by atoms with Gasteiger partial charge < -0.3 is 15.2 Å². The van der Waals surface area contributed by atoms with E-state index in [1.54, 1.807) is 30.3 Å². The second-order valence-corrected chi connectivity index (χ2v) is 7.46. The molecule has 1 aliphatic rings. The number of fused-ring (bicyclic) bond motifs is 3. The number of amides is 2. The van der Waals surface area contributed by atoms with E-state index < -0.39 is 30.6 Å². The lowest BCUT2D eigenvalue weighted by atomic mass is 9.98. The third-order valence-corrected chi connectivity index (χ3v) is 5.37. The van der Waals surface area contributed by atoms with E-state index in [1.165, 1.54) is 0 Å². The summed E-state index contributed by atoms with van der Waals surface area (Å²) in [6.07, 6.45) is -0.779. The van der Waals surface area contributed by atoms with Crippen LogP contribution in [0, 0.1) is 0 Å². The van der Waals surface area contributed by atoms with Gasteiger partial charge in [-0.25, -0.2) is 15.1 Å². The number of alkyl carbamates (subject to hydrolysis) is 1. The van der Waals surface area contributed by atoms with Gasteiger partial charge in [-0.3, -0.25) is 9.63 Å². The zero-order valence-corrected chi connectivity index (χ0v) is 17.6. The molecule has 8 heteroatoms. The van der Waals surface area contributed by atoms with Crippen LogP contribution < -0.4 is 10.8 Å². The minimum Gasteiger partial charge on any atom is -0.479 e. The molecular weight excluding hydrogens is 424 g/mol.